The number of rotatable bonds is 10. The Morgan fingerprint density at radius 2 is 1.73 bits per heavy atom. The Balaban J connectivity index is 1.34. The number of hydrogen-bond donors (Lipinski definition) is 0. The van der Waals surface area contributed by atoms with Crippen LogP contribution in [0.3, 0.4) is 0 Å². The first-order valence-electron chi connectivity index (χ1n) is 12.6. The van der Waals surface area contributed by atoms with Gasteiger partial charge in [0.2, 0.25) is 5.91 Å². The zero-order valence-corrected chi connectivity index (χ0v) is 22.0. The van der Waals surface area contributed by atoms with Gasteiger partial charge in [-0.15, -0.1) is 11.3 Å². The molecule has 0 spiro atoms. The average molecular weight is 521 g/mol. The third-order valence-corrected chi connectivity index (χ3v) is 7.97. The molecule has 0 unspecified atom stereocenters. The van der Waals surface area contributed by atoms with Crippen LogP contribution in [-0.2, 0) is 11.2 Å². The molecule has 2 aromatic carbocycles. The predicted molar refractivity (Wildman–Crippen MR) is 143 cm³/mol. The number of ether oxygens (including phenoxy) is 3. The summed E-state index contributed by atoms with van der Waals surface area (Å²) in [4.78, 5) is 32.1. The lowest BCUT2D eigenvalue weighted by Crippen LogP contribution is -2.48. The maximum absolute atomic E-state index is 13.8. The van der Waals surface area contributed by atoms with Gasteiger partial charge >= 0.3 is 0 Å². The Morgan fingerprint density at radius 3 is 2.49 bits per heavy atom. The third-order valence-electron chi connectivity index (χ3n) is 6.97. The van der Waals surface area contributed by atoms with Crippen molar-refractivity contribution in [2.75, 3.05) is 40.5 Å². The van der Waals surface area contributed by atoms with Crippen LogP contribution in [0.5, 0.6) is 17.2 Å². The number of benzene rings is 2. The van der Waals surface area contributed by atoms with Crippen molar-refractivity contribution in [2.24, 2.45) is 5.92 Å². The SMILES string of the molecule is COc1cccc(OC[C@@H]2c3ccsc3CCN2C(=O)CN(CC2CC2)C(=O)c2cccc(OC)c2)c1. The van der Waals surface area contributed by atoms with Crippen LogP contribution in [-0.4, -0.2) is 62.1 Å². The molecule has 1 aliphatic carbocycles. The number of methoxy groups -OCH3 is 2. The summed E-state index contributed by atoms with van der Waals surface area (Å²) in [6.45, 7) is 1.56. The number of thiophene rings is 1. The van der Waals surface area contributed by atoms with E-state index in [2.05, 4.69) is 11.4 Å². The van der Waals surface area contributed by atoms with Crippen LogP contribution in [0.2, 0.25) is 0 Å². The van der Waals surface area contributed by atoms with Gasteiger partial charge in [0.25, 0.3) is 5.91 Å². The van der Waals surface area contributed by atoms with Gasteiger partial charge in [-0.2, -0.15) is 0 Å². The van der Waals surface area contributed by atoms with Gasteiger partial charge in [0.1, 0.15) is 30.4 Å². The summed E-state index contributed by atoms with van der Waals surface area (Å²) in [5.41, 5.74) is 1.66. The first kappa shape index (κ1) is 25.1. The molecule has 1 fully saturated rings. The molecule has 2 heterocycles. The maximum Gasteiger partial charge on any atom is 0.254 e. The molecule has 0 saturated heterocycles. The van der Waals surface area contributed by atoms with Crippen molar-refractivity contribution in [2.45, 2.75) is 25.3 Å². The van der Waals surface area contributed by atoms with Gasteiger partial charge in [-0.3, -0.25) is 9.59 Å². The van der Waals surface area contributed by atoms with Gasteiger partial charge in [0.05, 0.1) is 20.3 Å². The fourth-order valence-corrected chi connectivity index (χ4v) is 5.69. The average Bonchev–Trinajstić information content (AvgIpc) is 3.63. The highest BCUT2D eigenvalue weighted by molar-refractivity contribution is 7.10. The molecule has 2 amide bonds. The summed E-state index contributed by atoms with van der Waals surface area (Å²) >= 11 is 1.72. The van der Waals surface area contributed by atoms with Gasteiger partial charge in [-0.05, 0) is 72.5 Å². The summed E-state index contributed by atoms with van der Waals surface area (Å²) in [7, 11) is 3.20. The topological polar surface area (TPSA) is 68.3 Å². The summed E-state index contributed by atoms with van der Waals surface area (Å²) in [5.74, 6) is 2.29. The van der Waals surface area contributed by atoms with E-state index in [4.69, 9.17) is 14.2 Å². The zero-order chi connectivity index (χ0) is 25.8. The van der Waals surface area contributed by atoms with Crippen molar-refractivity contribution < 1.29 is 23.8 Å². The highest BCUT2D eigenvalue weighted by atomic mass is 32.1. The van der Waals surface area contributed by atoms with Crippen molar-refractivity contribution in [3.05, 3.63) is 76.0 Å². The molecule has 1 atom stereocenters. The molecule has 0 radical (unpaired) electrons. The van der Waals surface area contributed by atoms with Crippen LogP contribution < -0.4 is 14.2 Å². The highest BCUT2D eigenvalue weighted by Gasteiger charge is 2.35. The lowest BCUT2D eigenvalue weighted by atomic mass is 10.00. The second kappa shape index (κ2) is 11.3. The Bertz CT molecular complexity index is 1250. The second-order valence-corrected chi connectivity index (χ2v) is 10.5. The third kappa shape index (κ3) is 5.91. The van der Waals surface area contributed by atoms with E-state index in [0.29, 0.717) is 42.7 Å². The fraction of sp³-hybridized carbons (Fsp3) is 0.379. The summed E-state index contributed by atoms with van der Waals surface area (Å²) < 4.78 is 16.8. The standard InChI is InChI=1S/C29H32N2O5S/c1-34-22-6-3-5-21(15-22)29(33)30(17-20-9-10-20)18-28(32)31-13-11-27-25(12-14-37-27)26(31)19-36-24-8-4-7-23(16-24)35-2/h3-8,12,14-16,20,26H,9-11,13,17-19H2,1-2H3/t26-/m1/s1. The molecule has 0 bridgehead atoms. The van der Waals surface area contributed by atoms with E-state index in [-0.39, 0.29) is 24.4 Å². The van der Waals surface area contributed by atoms with Crippen molar-refractivity contribution in [1.29, 1.82) is 0 Å². The van der Waals surface area contributed by atoms with E-state index in [1.807, 2.05) is 35.2 Å². The van der Waals surface area contributed by atoms with Crippen LogP contribution in [0.4, 0.5) is 0 Å². The summed E-state index contributed by atoms with van der Waals surface area (Å²) in [5, 5.41) is 2.07. The minimum Gasteiger partial charge on any atom is -0.497 e. The van der Waals surface area contributed by atoms with E-state index in [9.17, 15) is 9.59 Å². The minimum absolute atomic E-state index is 0.0433. The molecule has 2 aliphatic rings. The number of amides is 2. The zero-order valence-electron chi connectivity index (χ0n) is 21.2. The largest absolute Gasteiger partial charge is 0.497 e. The molecule has 37 heavy (non-hydrogen) atoms. The van der Waals surface area contributed by atoms with Crippen molar-refractivity contribution in [3.63, 3.8) is 0 Å². The Kier molecular flexibility index (Phi) is 7.65. The van der Waals surface area contributed by atoms with E-state index in [1.165, 1.54) is 4.88 Å². The molecule has 8 heteroatoms. The molecule has 1 saturated carbocycles. The lowest BCUT2D eigenvalue weighted by Gasteiger charge is -2.37. The first-order chi connectivity index (χ1) is 18.1. The van der Waals surface area contributed by atoms with E-state index < -0.39 is 0 Å². The predicted octanol–water partition coefficient (Wildman–Crippen LogP) is 4.82. The van der Waals surface area contributed by atoms with E-state index in [0.717, 1.165) is 30.6 Å². The molecule has 3 aromatic rings. The van der Waals surface area contributed by atoms with Crippen LogP contribution >= 0.6 is 11.3 Å². The van der Waals surface area contributed by atoms with Gasteiger partial charge in [0.15, 0.2) is 0 Å². The summed E-state index contributed by atoms with van der Waals surface area (Å²) in [6.07, 6.45) is 2.99. The molecular formula is C29H32N2O5S. The Morgan fingerprint density at radius 1 is 1.00 bits per heavy atom. The van der Waals surface area contributed by atoms with Crippen LogP contribution in [0.1, 0.15) is 39.7 Å². The minimum atomic E-state index is -0.219. The monoisotopic (exact) mass is 520 g/mol. The van der Waals surface area contributed by atoms with E-state index >= 15 is 0 Å². The lowest BCUT2D eigenvalue weighted by molar-refractivity contribution is -0.135. The maximum atomic E-state index is 13.8. The number of nitrogens with zero attached hydrogens (tertiary/aromatic N) is 2. The summed E-state index contributed by atoms with van der Waals surface area (Å²) in [6, 6.07) is 16.5. The first-order valence-corrected chi connectivity index (χ1v) is 13.5. The van der Waals surface area contributed by atoms with Crippen LogP contribution in [0, 0.1) is 5.92 Å². The molecule has 1 aliphatic heterocycles. The fourth-order valence-electron chi connectivity index (χ4n) is 4.76. The molecule has 5 rings (SSSR count). The number of hydrogen-bond acceptors (Lipinski definition) is 6. The highest BCUT2D eigenvalue weighted by Crippen LogP contribution is 2.35. The quantitative estimate of drug-likeness (QED) is 0.383. The van der Waals surface area contributed by atoms with Crippen molar-refractivity contribution >= 4 is 23.2 Å². The molecular weight excluding hydrogens is 488 g/mol. The van der Waals surface area contributed by atoms with Gasteiger partial charge in [-0.1, -0.05) is 12.1 Å². The Hall–Kier alpha value is -3.52. The number of fused-ring (bicyclic) bond motifs is 1. The van der Waals surface area contributed by atoms with Crippen LogP contribution in [0.15, 0.2) is 60.0 Å². The van der Waals surface area contributed by atoms with Crippen molar-refractivity contribution in [3.8, 4) is 17.2 Å². The number of carbonyl (C=O) groups is 2. The van der Waals surface area contributed by atoms with Gasteiger partial charge < -0.3 is 24.0 Å². The smallest absolute Gasteiger partial charge is 0.254 e. The van der Waals surface area contributed by atoms with Crippen molar-refractivity contribution in [1.82, 2.24) is 9.80 Å². The Labute approximate surface area is 221 Å². The molecule has 194 valence electrons. The second-order valence-electron chi connectivity index (χ2n) is 9.50. The normalized spacial score (nSPS) is 16.6. The van der Waals surface area contributed by atoms with Gasteiger partial charge in [-0.25, -0.2) is 0 Å². The molecule has 7 nitrogen and oxygen atoms in total. The molecule has 0 N–H and O–H groups in total. The van der Waals surface area contributed by atoms with E-state index in [1.54, 1.807) is 48.7 Å². The number of carbonyl (C=O) groups excluding carboxylic acids is 2. The van der Waals surface area contributed by atoms with Gasteiger partial charge in [0, 0.05) is 29.6 Å². The van der Waals surface area contributed by atoms with Crippen LogP contribution in [0.25, 0.3) is 0 Å². The molecule has 1 aromatic heterocycles.